The molecule has 0 saturated carbocycles. The van der Waals surface area contributed by atoms with Gasteiger partial charge in [-0.15, -0.1) is 11.3 Å². The third kappa shape index (κ3) is 5.26. The van der Waals surface area contributed by atoms with Crippen LogP contribution in [-0.4, -0.2) is 10.7 Å². The Morgan fingerprint density at radius 1 is 0.846 bits per heavy atom. The molecule has 1 aliphatic rings. The first-order valence-corrected chi connectivity index (χ1v) is 10.7. The zero-order chi connectivity index (χ0) is 19.4. The van der Waals surface area contributed by atoms with Gasteiger partial charge in [-0.05, 0) is 34.9 Å². The zero-order valence-corrected chi connectivity index (χ0v) is 18.4. The van der Waals surface area contributed by atoms with Crippen LogP contribution in [0.3, 0.4) is 0 Å². The van der Waals surface area contributed by atoms with Gasteiger partial charge in [-0.25, -0.2) is 4.98 Å². The van der Waals surface area contributed by atoms with E-state index in [1.807, 2.05) is 0 Å². The molecule has 0 amide bonds. The largest absolute Gasteiger partial charge is 0.257 e. The quantitative estimate of drug-likeness (QED) is 0.547. The Balaban J connectivity index is 0.000000197. The minimum Gasteiger partial charge on any atom is -0.257 e. The van der Waals surface area contributed by atoms with E-state index in [1.54, 1.807) is 11.3 Å². The van der Waals surface area contributed by atoms with E-state index < -0.39 is 0 Å². The lowest BCUT2D eigenvalue weighted by molar-refractivity contribution is 0.793. The number of nitrogens with zero attached hydrogens (tertiary/aromatic N) is 2. The van der Waals surface area contributed by atoms with Gasteiger partial charge < -0.3 is 0 Å². The summed E-state index contributed by atoms with van der Waals surface area (Å²) in [6.07, 6.45) is 1.05. The number of aromatic nitrogens is 1. The van der Waals surface area contributed by atoms with Gasteiger partial charge >= 0.3 is 0 Å². The highest BCUT2D eigenvalue weighted by molar-refractivity contribution is 7.09. The van der Waals surface area contributed by atoms with E-state index in [0.717, 1.165) is 6.42 Å². The van der Waals surface area contributed by atoms with Crippen molar-refractivity contribution in [1.29, 1.82) is 0 Å². The summed E-state index contributed by atoms with van der Waals surface area (Å²) in [5.41, 5.74) is 6.54. The van der Waals surface area contributed by atoms with E-state index >= 15 is 0 Å². The zero-order valence-electron chi connectivity index (χ0n) is 17.6. The molecule has 3 rings (SSSR count). The molecule has 2 heterocycles. The Hall–Kier alpha value is -1.48. The van der Waals surface area contributed by atoms with E-state index in [0.29, 0.717) is 23.7 Å². The van der Waals surface area contributed by atoms with Crippen molar-refractivity contribution in [1.82, 2.24) is 4.98 Å². The number of aliphatic imine (C=N–C) groups is 1. The van der Waals surface area contributed by atoms with Crippen LogP contribution in [0, 0.1) is 5.92 Å². The molecule has 0 saturated heterocycles. The van der Waals surface area contributed by atoms with Crippen molar-refractivity contribution in [3.8, 4) is 0 Å². The maximum atomic E-state index is 4.71. The Bertz CT molecular complexity index is 729. The molecule has 0 atom stereocenters. The second kappa shape index (κ2) is 8.94. The predicted molar refractivity (Wildman–Crippen MR) is 116 cm³/mol. The molecule has 1 aromatic heterocycles. The number of hydrogen-bond donors (Lipinski definition) is 0. The van der Waals surface area contributed by atoms with Crippen LogP contribution in [0.4, 0.5) is 5.69 Å². The van der Waals surface area contributed by atoms with Gasteiger partial charge in [0.1, 0.15) is 0 Å². The van der Waals surface area contributed by atoms with Crippen LogP contribution in [0.25, 0.3) is 0 Å². The van der Waals surface area contributed by atoms with Gasteiger partial charge in [-0.2, -0.15) is 0 Å². The highest BCUT2D eigenvalue weighted by Gasteiger charge is 2.17. The van der Waals surface area contributed by atoms with E-state index in [2.05, 4.69) is 84.0 Å². The van der Waals surface area contributed by atoms with E-state index in [-0.39, 0.29) is 0 Å². The lowest BCUT2D eigenvalue weighted by Crippen LogP contribution is -2.06. The second-order valence-corrected chi connectivity index (χ2v) is 9.29. The van der Waals surface area contributed by atoms with E-state index in [1.165, 1.54) is 33.2 Å². The van der Waals surface area contributed by atoms with Crippen molar-refractivity contribution in [3.63, 3.8) is 0 Å². The molecule has 0 unspecified atom stereocenters. The maximum absolute atomic E-state index is 4.71. The van der Waals surface area contributed by atoms with Crippen molar-refractivity contribution in [2.45, 2.75) is 79.6 Å². The fourth-order valence-electron chi connectivity index (χ4n) is 2.75. The Morgan fingerprint density at radius 2 is 1.54 bits per heavy atom. The minimum absolute atomic E-state index is 0.568. The van der Waals surface area contributed by atoms with Crippen molar-refractivity contribution < 1.29 is 0 Å². The molecule has 1 aromatic carbocycles. The summed E-state index contributed by atoms with van der Waals surface area (Å²) >= 11 is 1.77. The van der Waals surface area contributed by atoms with Crippen LogP contribution in [0.15, 0.2) is 28.6 Å². The summed E-state index contributed by atoms with van der Waals surface area (Å²) in [4.78, 5) is 9.24. The molecule has 142 valence electrons. The predicted octanol–water partition coefficient (Wildman–Crippen LogP) is 7.48. The second-order valence-electron chi connectivity index (χ2n) is 8.40. The molecule has 0 spiro atoms. The third-order valence-corrected chi connectivity index (χ3v) is 5.87. The van der Waals surface area contributed by atoms with Crippen LogP contribution in [0.2, 0.25) is 0 Å². The van der Waals surface area contributed by atoms with Gasteiger partial charge in [-0.3, -0.25) is 4.99 Å². The Kier molecular flexibility index (Phi) is 7.16. The Morgan fingerprint density at radius 3 is 2.00 bits per heavy atom. The van der Waals surface area contributed by atoms with Crippen molar-refractivity contribution in [2.75, 3.05) is 0 Å². The van der Waals surface area contributed by atoms with Gasteiger partial charge in [0, 0.05) is 23.4 Å². The Labute approximate surface area is 163 Å². The van der Waals surface area contributed by atoms with Gasteiger partial charge in [-0.1, -0.05) is 67.5 Å². The average molecular weight is 371 g/mol. The summed E-state index contributed by atoms with van der Waals surface area (Å²) in [7, 11) is 0. The number of rotatable bonds is 4. The highest BCUT2D eigenvalue weighted by Crippen LogP contribution is 2.31. The van der Waals surface area contributed by atoms with Gasteiger partial charge in [0.05, 0.1) is 16.4 Å². The van der Waals surface area contributed by atoms with E-state index in [4.69, 9.17) is 4.99 Å². The molecule has 0 aliphatic carbocycles. The number of benzene rings is 1. The summed E-state index contributed by atoms with van der Waals surface area (Å²) < 4.78 is 0. The van der Waals surface area contributed by atoms with Crippen molar-refractivity contribution in [2.24, 2.45) is 10.9 Å². The first-order valence-electron chi connectivity index (χ1n) is 9.84. The smallest absolute Gasteiger partial charge is 0.0953 e. The SMILES string of the molecule is CC(C)C1=Nc2cc(C(C)C)ccc2C1.CC(C)c1csc(C(C)C)n1. The van der Waals surface area contributed by atoms with Gasteiger partial charge in [0.25, 0.3) is 0 Å². The number of fused-ring (bicyclic) bond motifs is 1. The average Bonchev–Trinajstić information content (AvgIpc) is 3.21. The summed E-state index contributed by atoms with van der Waals surface area (Å²) in [5, 5.41) is 3.42. The van der Waals surface area contributed by atoms with Crippen LogP contribution in [0.1, 0.15) is 95.0 Å². The molecule has 0 N–H and O–H groups in total. The fourth-order valence-corrected chi connectivity index (χ4v) is 3.74. The molecule has 26 heavy (non-hydrogen) atoms. The summed E-state index contributed by atoms with van der Waals surface area (Å²) in [5.74, 6) is 2.31. The molecular weight excluding hydrogens is 336 g/mol. The van der Waals surface area contributed by atoms with Crippen LogP contribution in [0.5, 0.6) is 0 Å². The monoisotopic (exact) mass is 370 g/mol. The maximum Gasteiger partial charge on any atom is 0.0953 e. The van der Waals surface area contributed by atoms with E-state index in [9.17, 15) is 0 Å². The third-order valence-electron chi connectivity index (χ3n) is 4.70. The molecular formula is C23H34N2S. The molecule has 1 aliphatic heterocycles. The van der Waals surface area contributed by atoms with Crippen molar-refractivity contribution in [3.05, 3.63) is 45.4 Å². The van der Waals surface area contributed by atoms with Gasteiger partial charge in [0.2, 0.25) is 0 Å². The lowest BCUT2D eigenvalue weighted by atomic mass is 9.98. The first kappa shape index (κ1) is 20.8. The number of hydrogen-bond acceptors (Lipinski definition) is 3. The van der Waals surface area contributed by atoms with Crippen LogP contribution < -0.4 is 0 Å². The summed E-state index contributed by atoms with van der Waals surface area (Å²) in [6, 6.07) is 6.72. The lowest BCUT2D eigenvalue weighted by Gasteiger charge is -2.06. The van der Waals surface area contributed by atoms with Crippen LogP contribution >= 0.6 is 11.3 Å². The molecule has 0 fully saturated rings. The molecule has 2 nitrogen and oxygen atoms in total. The van der Waals surface area contributed by atoms with Gasteiger partial charge in [0.15, 0.2) is 0 Å². The molecule has 3 heteroatoms. The standard InChI is InChI=1S/C14H19N.C9H15NS/c1-9(2)11-5-6-12-8-13(10(3)4)15-14(12)7-11;1-6(2)8-5-11-9(10-8)7(3)4/h5-7,9-10H,8H2,1-4H3;5-7H,1-4H3. The summed E-state index contributed by atoms with van der Waals surface area (Å²) in [6.45, 7) is 17.6. The highest BCUT2D eigenvalue weighted by atomic mass is 32.1. The molecule has 0 bridgehead atoms. The molecule has 2 aromatic rings. The first-order chi connectivity index (χ1) is 12.2. The molecule has 0 radical (unpaired) electrons. The van der Waals surface area contributed by atoms with Crippen molar-refractivity contribution >= 4 is 22.7 Å². The fraction of sp³-hybridized carbons (Fsp3) is 0.565. The van der Waals surface area contributed by atoms with Crippen LogP contribution in [-0.2, 0) is 6.42 Å². The normalized spacial score (nSPS) is 13.3. The topological polar surface area (TPSA) is 25.2 Å². The minimum atomic E-state index is 0.568. The number of thiazole rings is 1.